The summed E-state index contributed by atoms with van der Waals surface area (Å²) in [5, 5.41) is 8.33. The molecule has 12 heavy (non-hydrogen) atoms. The molecule has 70 valence electrons. The van der Waals surface area contributed by atoms with Gasteiger partial charge in [0.25, 0.3) is 0 Å². The summed E-state index contributed by atoms with van der Waals surface area (Å²) in [6.45, 7) is 1.35. The molecule has 1 N–H and O–H groups in total. The van der Waals surface area contributed by atoms with Crippen LogP contribution in [0.5, 0.6) is 0 Å². The molecular weight excluding hydrogens is 180 g/mol. The highest BCUT2D eigenvalue weighted by Gasteiger charge is 2.19. The standard InChI is InChI=1S/C7H12O4S/c8-7(9)5-12(10)4-6-1-2-11-3-6/h6H,1-5H2,(H,8,9). The SMILES string of the molecule is O=C(O)CS(=O)CC1CCOC1. The van der Waals surface area contributed by atoms with Gasteiger partial charge in [0.1, 0.15) is 5.75 Å². The summed E-state index contributed by atoms with van der Waals surface area (Å²) in [6.07, 6.45) is 0.908. The number of aliphatic carboxylic acids is 1. The van der Waals surface area contributed by atoms with Crippen LogP contribution in [0.4, 0.5) is 0 Å². The van der Waals surface area contributed by atoms with Crippen molar-refractivity contribution in [3.63, 3.8) is 0 Å². The molecule has 0 aliphatic carbocycles. The van der Waals surface area contributed by atoms with E-state index in [2.05, 4.69) is 0 Å². The molecule has 0 bridgehead atoms. The van der Waals surface area contributed by atoms with E-state index in [0.29, 0.717) is 18.3 Å². The van der Waals surface area contributed by atoms with Crippen molar-refractivity contribution in [2.75, 3.05) is 24.7 Å². The van der Waals surface area contributed by atoms with Gasteiger partial charge in [-0.25, -0.2) is 0 Å². The highest BCUT2D eigenvalue weighted by Crippen LogP contribution is 2.13. The van der Waals surface area contributed by atoms with E-state index >= 15 is 0 Å². The van der Waals surface area contributed by atoms with Crippen LogP contribution in [0.15, 0.2) is 0 Å². The summed E-state index contributed by atoms with van der Waals surface area (Å²) < 4.78 is 16.2. The Hall–Kier alpha value is -0.420. The number of hydrogen-bond acceptors (Lipinski definition) is 3. The molecule has 0 saturated carbocycles. The molecule has 0 amide bonds. The predicted molar refractivity (Wildman–Crippen MR) is 44.4 cm³/mol. The van der Waals surface area contributed by atoms with Crippen LogP contribution in [-0.2, 0) is 20.3 Å². The first kappa shape index (κ1) is 9.67. The Bertz CT molecular complexity index is 186. The molecule has 1 saturated heterocycles. The second-order valence-corrected chi connectivity index (χ2v) is 4.38. The Labute approximate surface area is 73.4 Å². The lowest BCUT2D eigenvalue weighted by atomic mass is 10.2. The summed E-state index contributed by atoms with van der Waals surface area (Å²) in [5.74, 6) is -0.472. The minimum Gasteiger partial charge on any atom is -0.481 e. The van der Waals surface area contributed by atoms with Gasteiger partial charge >= 0.3 is 5.97 Å². The van der Waals surface area contributed by atoms with Gasteiger partial charge in [0.2, 0.25) is 0 Å². The van der Waals surface area contributed by atoms with Crippen LogP contribution in [0.25, 0.3) is 0 Å². The van der Waals surface area contributed by atoms with E-state index in [1.807, 2.05) is 0 Å². The summed E-state index contributed by atoms with van der Waals surface area (Å²) in [4.78, 5) is 10.2. The molecule has 0 aromatic rings. The maximum atomic E-state index is 11.1. The smallest absolute Gasteiger partial charge is 0.316 e. The van der Waals surface area contributed by atoms with E-state index in [-0.39, 0.29) is 5.75 Å². The van der Waals surface area contributed by atoms with Crippen molar-refractivity contribution >= 4 is 16.8 Å². The number of hydrogen-bond donors (Lipinski definition) is 1. The van der Waals surface area contributed by atoms with Gasteiger partial charge in [-0.2, -0.15) is 0 Å². The van der Waals surface area contributed by atoms with E-state index in [1.165, 1.54) is 0 Å². The lowest BCUT2D eigenvalue weighted by molar-refractivity contribution is -0.133. The molecule has 1 aliphatic rings. The fourth-order valence-corrected chi connectivity index (χ4v) is 2.36. The zero-order chi connectivity index (χ0) is 8.97. The number of carboxylic acid groups (broad SMARTS) is 1. The van der Waals surface area contributed by atoms with E-state index in [4.69, 9.17) is 9.84 Å². The van der Waals surface area contributed by atoms with Gasteiger partial charge in [0.15, 0.2) is 0 Å². The Balaban J connectivity index is 2.20. The minimum absolute atomic E-state index is 0.240. The van der Waals surface area contributed by atoms with E-state index in [9.17, 15) is 9.00 Å². The molecule has 0 spiro atoms. The van der Waals surface area contributed by atoms with Crippen molar-refractivity contribution in [3.8, 4) is 0 Å². The van der Waals surface area contributed by atoms with Gasteiger partial charge in [-0.15, -0.1) is 0 Å². The monoisotopic (exact) mass is 192 g/mol. The van der Waals surface area contributed by atoms with E-state index < -0.39 is 16.8 Å². The Morgan fingerprint density at radius 2 is 2.42 bits per heavy atom. The largest absolute Gasteiger partial charge is 0.481 e. The molecule has 1 aliphatic heterocycles. The number of rotatable bonds is 4. The molecule has 1 rings (SSSR count). The van der Waals surface area contributed by atoms with Crippen LogP contribution in [0.2, 0.25) is 0 Å². The van der Waals surface area contributed by atoms with E-state index in [1.54, 1.807) is 0 Å². The summed E-state index contributed by atoms with van der Waals surface area (Å²) in [7, 11) is -1.22. The Kier molecular flexibility index (Phi) is 3.68. The molecule has 1 fully saturated rings. The van der Waals surface area contributed by atoms with Crippen molar-refractivity contribution in [1.82, 2.24) is 0 Å². The average Bonchev–Trinajstić information content (AvgIpc) is 2.37. The van der Waals surface area contributed by atoms with Crippen LogP contribution < -0.4 is 0 Å². The molecule has 2 unspecified atom stereocenters. The van der Waals surface area contributed by atoms with Crippen molar-refractivity contribution in [1.29, 1.82) is 0 Å². The third kappa shape index (κ3) is 3.32. The van der Waals surface area contributed by atoms with E-state index in [0.717, 1.165) is 13.0 Å². The lowest BCUT2D eigenvalue weighted by Gasteiger charge is -2.04. The number of ether oxygens (including phenoxy) is 1. The highest BCUT2D eigenvalue weighted by molar-refractivity contribution is 7.85. The van der Waals surface area contributed by atoms with Gasteiger partial charge in [0.05, 0.1) is 6.61 Å². The maximum absolute atomic E-state index is 11.1. The Morgan fingerprint density at radius 3 is 2.92 bits per heavy atom. The number of carbonyl (C=O) groups is 1. The zero-order valence-corrected chi connectivity index (χ0v) is 7.51. The normalized spacial score (nSPS) is 25.5. The van der Waals surface area contributed by atoms with Gasteiger partial charge < -0.3 is 9.84 Å². The topological polar surface area (TPSA) is 63.6 Å². The molecule has 0 aromatic heterocycles. The summed E-state index contributed by atoms with van der Waals surface area (Å²) in [5.41, 5.74) is 0. The first-order valence-electron chi connectivity index (χ1n) is 3.83. The lowest BCUT2D eigenvalue weighted by Crippen LogP contribution is -2.17. The first-order valence-corrected chi connectivity index (χ1v) is 5.32. The van der Waals surface area contributed by atoms with Gasteiger partial charge in [-0.05, 0) is 12.3 Å². The highest BCUT2D eigenvalue weighted by atomic mass is 32.2. The second-order valence-electron chi connectivity index (χ2n) is 2.87. The first-order chi connectivity index (χ1) is 5.68. The fraction of sp³-hybridized carbons (Fsp3) is 0.857. The Morgan fingerprint density at radius 1 is 1.67 bits per heavy atom. The van der Waals surface area contributed by atoms with Gasteiger partial charge in [0, 0.05) is 23.2 Å². The maximum Gasteiger partial charge on any atom is 0.316 e. The van der Waals surface area contributed by atoms with Crippen LogP contribution in [0.3, 0.4) is 0 Å². The summed E-state index contributed by atoms with van der Waals surface area (Å²) in [6, 6.07) is 0. The molecule has 0 radical (unpaired) electrons. The number of carboxylic acids is 1. The van der Waals surface area contributed by atoms with Crippen molar-refractivity contribution < 1.29 is 18.8 Å². The van der Waals surface area contributed by atoms with Gasteiger partial charge in [-0.1, -0.05) is 0 Å². The fourth-order valence-electron chi connectivity index (χ4n) is 1.17. The van der Waals surface area contributed by atoms with Crippen LogP contribution in [0.1, 0.15) is 6.42 Å². The van der Waals surface area contributed by atoms with Crippen LogP contribution >= 0.6 is 0 Å². The van der Waals surface area contributed by atoms with Crippen LogP contribution in [-0.4, -0.2) is 40.0 Å². The quantitative estimate of drug-likeness (QED) is 0.673. The third-order valence-corrected chi connectivity index (χ3v) is 3.14. The van der Waals surface area contributed by atoms with Crippen molar-refractivity contribution in [2.24, 2.45) is 5.92 Å². The molecule has 4 nitrogen and oxygen atoms in total. The molecule has 1 heterocycles. The average molecular weight is 192 g/mol. The van der Waals surface area contributed by atoms with Crippen molar-refractivity contribution in [2.45, 2.75) is 6.42 Å². The second kappa shape index (κ2) is 4.57. The third-order valence-electron chi connectivity index (χ3n) is 1.73. The molecule has 2 atom stereocenters. The predicted octanol–water partition coefficient (Wildman–Crippen LogP) is -0.144. The van der Waals surface area contributed by atoms with Crippen LogP contribution in [0, 0.1) is 5.92 Å². The molecular formula is C7H12O4S. The molecule has 0 aromatic carbocycles. The molecule has 5 heteroatoms. The zero-order valence-electron chi connectivity index (χ0n) is 6.69. The van der Waals surface area contributed by atoms with Gasteiger partial charge in [-0.3, -0.25) is 9.00 Å². The summed E-state index contributed by atoms with van der Waals surface area (Å²) >= 11 is 0. The van der Waals surface area contributed by atoms with Crippen molar-refractivity contribution in [3.05, 3.63) is 0 Å². The minimum atomic E-state index is -1.22.